The van der Waals surface area contributed by atoms with E-state index in [0.717, 1.165) is 22.2 Å². The first-order valence-electron chi connectivity index (χ1n) is 16.0. The maximum atomic E-state index is 16.1. The Labute approximate surface area is 272 Å². The van der Waals surface area contributed by atoms with Gasteiger partial charge in [-0.15, -0.1) is 5.10 Å². The average molecular weight is 653 g/mol. The molecule has 1 spiro atoms. The number of para-hydroxylation sites is 1. The molecular weight excluding hydrogens is 616 g/mol. The van der Waals surface area contributed by atoms with Crippen molar-refractivity contribution >= 4 is 30.8 Å². The van der Waals surface area contributed by atoms with Crippen molar-refractivity contribution < 1.29 is 18.7 Å². The molecule has 242 valence electrons. The second-order valence-corrected chi connectivity index (χ2v) is 16.8. The highest BCUT2D eigenvalue weighted by atomic mass is 28.4. The summed E-state index contributed by atoms with van der Waals surface area (Å²) in [6.07, 6.45) is 3.85. The zero-order valence-electron chi connectivity index (χ0n) is 26.6. The molecule has 0 saturated carbocycles. The molecule has 1 saturated heterocycles. The molecule has 1 N–H and O–H groups in total. The molecule has 47 heavy (non-hydrogen) atoms. The standard InChI is InChI=1S/C35H37FN6O4Si/c1-23-32(47(2,3)36)31(16-18-40-22-26(17-19-43)38-39-40)46-35(23)29-10-6-7-11-30(29)41(34(35)45)21-24-12-14-27(15-13-24)42-33(44)28-9-5-4-8-25(28)20-37-42/h4-15,20,22-23,31-32,43H,16-19,21H2,1-3H3/t23-,31+,32-,35+/m0/s1. The number of aliphatic hydroxyl groups is 1. The van der Waals surface area contributed by atoms with Gasteiger partial charge in [0.2, 0.25) is 8.41 Å². The highest BCUT2D eigenvalue weighted by Gasteiger charge is 2.66. The smallest absolute Gasteiger partial charge is 0.279 e. The van der Waals surface area contributed by atoms with Crippen molar-refractivity contribution in [3.63, 3.8) is 0 Å². The van der Waals surface area contributed by atoms with Crippen LogP contribution in [0.4, 0.5) is 9.80 Å². The fraction of sp³-hybridized carbons (Fsp3) is 0.343. The molecule has 7 rings (SSSR count). The fourth-order valence-corrected chi connectivity index (χ4v) is 10.1. The number of amides is 1. The van der Waals surface area contributed by atoms with Crippen molar-refractivity contribution in [3.8, 4) is 5.69 Å². The summed E-state index contributed by atoms with van der Waals surface area (Å²) in [6.45, 7) is 6.06. The number of aromatic nitrogens is 5. The van der Waals surface area contributed by atoms with Crippen molar-refractivity contribution in [1.29, 1.82) is 0 Å². The van der Waals surface area contributed by atoms with E-state index in [1.165, 1.54) is 4.68 Å². The first-order chi connectivity index (χ1) is 22.6. The van der Waals surface area contributed by atoms with E-state index in [-0.39, 0.29) is 24.6 Å². The van der Waals surface area contributed by atoms with Gasteiger partial charge in [-0.1, -0.05) is 60.7 Å². The summed E-state index contributed by atoms with van der Waals surface area (Å²) in [5, 5.41) is 23.2. The maximum absolute atomic E-state index is 16.1. The van der Waals surface area contributed by atoms with Gasteiger partial charge < -0.3 is 18.9 Å². The lowest BCUT2D eigenvalue weighted by molar-refractivity contribution is -0.146. The van der Waals surface area contributed by atoms with E-state index < -0.39 is 31.6 Å². The van der Waals surface area contributed by atoms with Crippen molar-refractivity contribution in [2.24, 2.45) is 5.92 Å². The molecule has 4 heterocycles. The topological polar surface area (TPSA) is 115 Å². The minimum absolute atomic E-state index is 0.0158. The second kappa shape index (κ2) is 11.9. The van der Waals surface area contributed by atoms with Gasteiger partial charge in [0.25, 0.3) is 11.5 Å². The van der Waals surface area contributed by atoms with Crippen molar-refractivity contribution in [2.45, 2.75) is 63.2 Å². The van der Waals surface area contributed by atoms with Crippen LogP contribution in [0.3, 0.4) is 0 Å². The zero-order chi connectivity index (χ0) is 32.9. The highest BCUT2D eigenvalue weighted by Crippen LogP contribution is 2.60. The second-order valence-electron chi connectivity index (χ2n) is 13.0. The summed E-state index contributed by atoms with van der Waals surface area (Å²) in [4.78, 5) is 29.5. The third kappa shape index (κ3) is 5.30. The lowest BCUT2D eigenvalue weighted by Gasteiger charge is -2.31. The van der Waals surface area contributed by atoms with Gasteiger partial charge in [-0.2, -0.15) is 9.78 Å². The van der Waals surface area contributed by atoms with Crippen LogP contribution < -0.4 is 10.5 Å². The van der Waals surface area contributed by atoms with Crippen LogP contribution in [0.5, 0.6) is 0 Å². The molecule has 0 aliphatic carbocycles. The van der Waals surface area contributed by atoms with Gasteiger partial charge in [0.15, 0.2) is 5.60 Å². The number of hydrogen-bond donors (Lipinski definition) is 1. The number of benzene rings is 3. The SMILES string of the molecule is C[C@H]1[C@H]([Si](C)(C)F)[C@@H](CCn2cc(CCO)nn2)O[C@]12C(=O)N(Cc1ccc(-n3ncc4ccccc4c3=O)cc1)c1ccccc12. The number of carbonyl (C=O) groups excluding carboxylic acids is 1. The van der Waals surface area contributed by atoms with E-state index >= 15 is 4.11 Å². The number of anilines is 1. The third-order valence-corrected chi connectivity index (χ3v) is 12.1. The minimum atomic E-state index is -3.30. The van der Waals surface area contributed by atoms with Gasteiger partial charge >= 0.3 is 0 Å². The van der Waals surface area contributed by atoms with Gasteiger partial charge in [0, 0.05) is 48.2 Å². The lowest BCUT2D eigenvalue weighted by Crippen LogP contribution is -2.45. The summed E-state index contributed by atoms with van der Waals surface area (Å²) in [5.41, 5.74) is 1.75. The number of aryl methyl sites for hydroxylation is 1. The molecule has 1 amide bonds. The van der Waals surface area contributed by atoms with Gasteiger partial charge in [0.1, 0.15) is 0 Å². The molecule has 12 heteroatoms. The first kappa shape index (κ1) is 31.1. The summed E-state index contributed by atoms with van der Waals surface area (Å²) in [7, 11) is -3.30. The monoisotopic (exact) mass is 652 g/mol. The molecular formula is C35H37FN6O4Si. The van der Waals surface area contributed by atoms with Crippen LogP contribution in [0.15, 0.2) is 90.0 Å². The first-order valence-corrected chi connectivity index (χ1v) is 18.9. The number of halogens is 1. The van der Waals surface area contributed by atoms with Gasteiger partial charge in [0.05, 0.1) is 41.3 Å². The third-order valence-electron chi connectivity index (χ3n) is 9.68. The van der Waals surface area contributed by atoms with Crippen LogP contribution in [0, 0.1) is 5.92 Å². The van der Waals surface area contributed by atoms with Crippen molar-refractivity contribution in [2.75, 3.05) is 11.5 Å². The summed E-state index contributed by atoms with van der Waals surface area (Å²) in [5.74, 6) is -0.592. The number of nitrogens with zero attached hydrogens (tertiary/aromatic N) is 6. The maximum Gasteiger partial charge on any atom is 0.279 e. The summed E-state index contributed by atoms with van der Waals surface area (Å²) in [6, 6.07) is 22.4. The summed E-state index contributed by atoms with van der Waals surface area (Å²) < 4.78 is 26.0. The molecule has 1 fully saturated rings. The number of aliphatic hydroxyl groups excluding tert-OH is 1. The fourth-order valence-electron chi connectivity index (χ4n) is 7.56. The predicted octanol–water partition coefficient (Wildman–Crippen LogP) is 4.92. The molecule has 2 aliphatic heterocycles. The Balaban J connectivity index is 1.17. The van der Waals surface area contributed by atoms with Gasteiger partial charge in [-0.3, -0.25) is 14.3 Å². The average Bonchev–Trinajstić information content (AvgIpc) is 3.71. The largest absolute Gasteiger partial charge is 0.396 e. The molecule has 3 aromatic carbocycles. The molecule has 10 nitrogen and oxygen atoms in total. The zero-order valence-corrected chi connectivity index (χ0v) is 27.6. The highest BCUT2D eigenvalue weighted by molar-refractivity contribution is 6.72. The quantitative estimate of drug-likeness (QED) is 0.178. The van der Waals surface area contributed by atoms with Crippen molar-refractivity contribution in [3.05, 3.63) is 112 Å². The molecule has 4 atom stereocenters. The number of fused-ring (bicyclic) bond motifs is 3. The molecule has 5 aromatic rings. The van der Waals surface area contributed by atoms with E-state index in [1.54, 1.807) is 41.1 Å². The Morgan fingerprint density at radius 1 is 1.02 bits per heavy atom. The Hall–Kier alpha value is -4.52. The number of carbonyl (C=O) groups is 1. The van der Waals surface area contributed by atoms with E-state index in [0.29, 0.717) is 36.2 Å². The Morgan fingerprint density at radius 3 is 2.53 bits per heavy atom. The predicted molar refractivity (Wildman–Crippen MR) is 178 cm³/mol. The van der Waals surface area contributed by atoms with E-state index in [1.807, 2.05) is 73.7 Å². The molecule has 0 radical (unpaired) electrons. The van der Waals surface area contributed by atoms with Crippen LogP contribution in [0.2, 0.25) is 18.6 Å². The molecule has 0 bridgehead atoms. The van der Waals surface area contributed by atoms with Crippen LogP contribution in [-0.2, 0) is 34.6 Å². The van der Waals surface area contributed by atoms with E-state index in [2.05, 4.69) is 15.4 Å². The van der Waals surface area contributed by atoms with E-state index in [9.17, 15) is 14.7 Å². The van der Waals surface area contributed by atoms with Crippen LogP contribution in [0.25, 0.3) is 16.5 Å². The van der Waals surface area contributed by atoms with Crippen molar-refractivity contribution in [1.82, 2.24) is 24.8 Å². The number of hydrogen-bond acceptors (Lipinski definition) is 7. The van der Waals surface area contributed by atoms with Gasteiger partial charge in [-0.25, -0.2) is 0 Å². The Morgan fingerprint density at radius 2 is 1.77 bits per heavy atom. The molecule has 0 unspecified atom stereocenters. The normalized spacial score (nSPS) is 22.4. The number of rotatable bonds is 9. The Kier molecular flexibility index (Phi) is 7.89. The molecule has 2 aliphatic rings. The van der Waals surface area contributed by atoms with Crippen LogP contribution in [0.1, 0.15) is 30.2 Å². The lowest BCUT2D eigenvalue weighted by atomic mass is 9.82. The molecule has 2 aromatic heterocycles. The van der Waals surface area contributed by atoms with Crippen LogP contribution >= 0.6 is 0 Å². The van der Waals surface area contributed by atoms with E-state index in [4.69, 9.17) is 4.74 Å². The summed E-state index contributed by atoms with van der Waals surface area (Å²) >= 11 is 0. The van der Waals surface area contributed by atoms with Crippen LogP contribution in [-0.4, -0.2) is 56.9 Å². The van der Waals surface area contributed by atoms with Gasteiger partial charge in [-0.05, 0) is 49.3 Å². The minimum Gasteiger partial charge on any atom is -0.396 e. The number of ether oxygens (including phenoxy) is 1. The Bertz CT molecular complexity index is 2010.